The van der Waals surface area contributed by atoms with Gasteiger partial charge in [-0.2, -0.15) is 0 Å². The molecule has 0 bridgehead atoms. The molecule has 2 aliphatic rings. The third-order valence-electron chi connectivity index (χ3n) is 5.04. The van der Waals surface area contributed by atoms with Crippen LogP contribution in [-0.2, 0) is 21.2 Å². The number of anilines is 1. The Kier molecular flexibility index (Phi) is 4.65. The number of rotatable bonds is 3. The summed E-state index contributed by atoms with van der Waals surface area (Å²) in [5.41, 5.74) is 2.13. The Morgan fingerprint density at radius 1 is 1.11 bits per heavy atom. The second-order valence-corrected chi connectivity index (χ2v) is 8.78. The third-order valence-corrected chi connectivity index (χ3v) is 6.85. The zero-order valence-corrected chi connectivity index (χ0v) is 16.0. The van der Waals surface area contributed by atoms with Gasteiger partial charge in [-0.25, -0.2) is 8.42 Å². The summed E-state index contributed by atoms with van der Waals surface area (Å²) < 4.78 is 33.3. The number of carbonyl (C=O) groups is 1. The van der Waals surface area contributed by atoms with Crippen LogP contribution in [0.15, 0.2) is 53.4 Å². The van der Waals surface area contributed by atoms with Crippen LogP contribution in [0, 0.1) is 0 Å². The van der Waals surface area contributed by atoms with Crippen molar-refractivity contribution < 1.29 is 17.9 Å². The second kappa shape index (κ2) is 6.98. The molecule has 27 heavy (non-hydrogen) atoms. The van der Waals surface area contributed by atoms with Crippen LogP contribution in [0.5, 0.6) is 0 Å². The first-order valence-corrected chi connectivity index (χ1v) is 10.5. The van der Waals surface area contributed by atoms with E-state index in [1.807, 2.05) is 31.2 Å². The highest BCUT2D eigenvalue weighted by atomic mass is 32.2. The van der Waals surface area contributed by atoms with E-state index in [2.05, 4.69) is 0 Å². The molecule has 4 rings (SSSR count). The molecule has 0 aliphatic carbocycles. The van der Waals surface area contributed by atoms with Crippen molar-refractivity contribution in [1.29, 1.82) is 0 Å². The second-order valence-electron chi connectivity index (χ2n) is 6.92. The van der Waals surface area contributed by atoms with Gasteiger partial charge in [0.1, 0.15) is 0 Å². The summed E-state index contributed by atoms with van der Waals surface area (Å²) >= 11 is 0. The third kappa shape index (κ3) is 3.33. The lowest BCUT2D eigenvalue weighted by Gasteiger charge is -2.31. The van der Waals surface area contributed by atoms with Crippen molar-refractivity contribution in [1.82, 2.24) is 4.90 Å². The molecule has 7 heteroatoms. The maximum Gasteiger partial charge on any atom is 0.264 e. The summed E-state index contributed by atoms with van der Waals surface area (Å²) in [6.45, 7) is 3.86. The molecule has 1 saturated heterocycles. The van der Waals surface area contributed by atoms with Crippen LogP contribution in [0.2, 0.25) is 0 Å². The van der Waals surface area contributed by atoms with Gasteiger partial charge in [-0.05, 0) is 43.2 Å². The van der Waals surface area contributed by atoms with Gasteiger partial charge in [0.15, 0.2) is 0 Å². The number of hydrogen-bond acceptors (Lipinski definition) is 4. The number of morpholine rings is 1. The van der Waals surface area contributed by atoms with E-state index in [0.29, 0.717) is 38.2 Å². The largest absolute Gasteiger partial charge is 0.375 e. The van der Waals surface area contributed by atoms with Gasteiger partial charge in [-0.3, -0.25) is 9.10 Å². The Bertz CT molecular complexity index is 973. The van der Waals surface area contributed by atoms with Crippen LogP contribution >= 0.6 is 0 Å². The lowest BCUT2D eigenvalue weighted by Crippen LogP contribution is -2.44. The molecule has 0 aromatic heterocycles. The van der Waals surface area contributed by atoms with Gasteiger partial charge in [0.25, 0.3) is 15.9 Å². The van der Waals surface area contributed by atoms with E-state index in [-0.39, 0.29) is 16.9 Å². The summed E-state index contributed by atoms with van der Waals surface area (Å²) in [6.07, 6.45) is 0.676. The molecular formula is C20H22N2O4S. The van der Waals surface area contributed by atoms with Gasteiger partial charge in [-0.1, -0.05) is 24.3 Å². The Balaban J connectivity index is 1.63. The summed E-state index contributed by atoms with van der Waals surface area (Å²) in [5, 5.41) is 0. The van der Waals surface area contributed by atoms with Crippen LogP contribution in [-0.4, -0.2) is 51.6 Å². The highest BCUT2D eigenvalue weighted by Gasteiger charge is 2.31. The number of ether oxygens (including phenoxy) is 1. The summed E-state index contributed by atoms with van der Waals surface area (Å²) in [4.78, 5) is 14.7. The first-order valence-electron chi connectivity index (χ1n) is 9.08. The fourth-order valence-electron chi connectivity index (χ4n) is 3.66. The number of sulfonamides is 1. The Morgan fingerprint density at radius 2 is 1.93 bits per heavy atom. The van der Waals surface area contributed by atoms with Gasteiger partial charge in [0.05, 0.1) is 23.3 Å². The van der Waals surface area contributed by atoms with E-state index < -0.39 is 10.0 Å². The zero-order valence-electron chi connectivity index (χ0n) is 15.2. The Hall–Kier alpha value is -2.38. The van der Waals surface area contributed by atoms with Gasteiger partial charge >= 0.3 is 0 Å². The van der Waals surface area contributed by atoms with E-state index in [1.54, 1.807) is 23.1 Å². The molecule has 142 valence electrons. The fourth-order valence-corrected chi connectivity index (χ4v) is 5.21. The van der Waals surface area contributed by atoms with Crippen molar-refractivity contribution in [2.75, 3.05) is 30.5 Å². The molecule has 6 nitrogen and oxygen atoms in total. The SMILES string of the molecule is CC1CN(C(=O)c2cccc(S(=O)(=O)N3CCc4ccccc43)c2)CCO1. The smallest absolute Gasteiger partial charge is 0.264 e. The molecule has 2 heterocycles. The molecule has 0 N–H and O–H groups in total. The van der Waals surface area contributed by atoms with Crippen molar-refractivity contribution >= 4 is 21.6 Å². The summed E-state index contributed by atoms with van der Waals surface area (Å²) in [6, 6.07) is 13.9. The topological polar surface area (TPSA) is 66.9 Å². The minimum absolute atomic E-state index is 0.0179. The van der Waals surface area contributed by atoms with E-state index in [1.165, 1.54) is 10.4 Å². The Labute approximate surface area is 159 Å². The maximum atomic E-state index is 13.2. The van der Waals surface area contributed by atoms with Crippen LogP contribution < -0.4 is 4.31 Å². The number of carbonyl (C=O) groups excluding carboxylic acids is 1. The van der Waals surface area contributed by atoms with E-state index in [0.717, 1.165) is 11.3 Å². The minimum Gasteiger partial charge on any atom is -0.375 e. The summed E-state index contributed by atoms with van der Waals surface area (Å²) in [5.74, 6) is -0.163. The molecule has 1 unspecified atom stereocenters. The minimum atomic E-state index is -3.71. The van der Waals surface area contributed by atoms with Crippen molar-refractivity contribution in [2.45, 2.75) is 24.3 Å². The van der Waals surface area contributed by atoms with Crippen molar-refractivity contribution in [3.05, 3.63) is 59.7 Å². The number of para-hydroxylation sites is 1. The average molecular weight is 386 g/mol. The lowest BCUT2D eigenvalue weighted by atomic mass is 10.2. The number of amides is 1. The molecule has 2 aromatic rings. The van der Waals surface area contributed by atoms with E-state index in [9.17, 15) is 13.2 Å². The van der Waals surface area contributed by atoms with Crippen molar-refractivity contribution in [3.63, 3.8) is 0 Å². The molecule has 1 atom stereocenters. The Morgan fingerprint density at radius 3 is 2.74 bits per heavy atom. The zero-order chi connectivity index (χ0) is 19.0. The molecule has 0 radical (unpaired) electrons. The normalized spacial score (nSPS) is 19.8. The van der Waals surface area contributed by atoms with Gasteiger partial charge in [0, 0.05) is 25.2 Å². The van der Waals surface area contributed by atoms with E-state index >= 15 is 0 Å². The predicted octanol–water partition coefficient (Wildman–Crippen LogP) is 2.30. The van der Waals surface area contributed by atoms with E-state index in [4.69, 9.17) is 4.74 Å². The first kappa shape index (κ1) is 18.0. The van der Waals surface area contributed by atoms with Gasteiger partial charge in [-0.15, -0.1) is 0 Å². The van der Waals surface area contributed by atoms with Gasteiger partial charge in [0.2, 0.25) is 0 Å². The average Bonchev–Trinajstić information content (AvgIpc) is 3.12. The van der Waals surface area contributed by atoms with Crippen molar-refractivity contribution in [2.24, 2.45) is 0 Å². The molecule has 1 amide bonds. The molecule has 0 spiro atoms. The highest BCUT2D eigenvalue weighted by Crippen LogP contribution is 2.32. The number of fused-ring (bicyclic) bond motifs is 1. The maximum absolute atomic E-state index is 13.2. The molecule has 1 fully saturated rings. The monoisotopic (exact) mass is 386 g/mol. The van der Waals surface area contributed by atoms with Crippen LogP contribution in [0.3, 0.4) is 0 Å². The fraction of sp³-hybridized carbons (Fsp3) is 0.350. The molecular weight excluding hydrogens is 364 g/mol. The lowest BCUT2D eigenvalue weighted by molar-refractivity contribution is -0.0124. The number of nitrogens with zero attached hydrogens (tertiary/aromatic N) is 2. The first-order chi connectivity index (χ1) is 13.0. The quantitative estimate of drug-likeness (QED) is 0.812. The van der Waals surface area contributed by atoms with Crippen LogP contribution in [0.4, 0.5) is 5.69 Å². The molecule has 2 aromatic carbocycles. The highest BCUT2D eigenvalue weighted by molar-refractivity contribution is 7.92. The standard InChI is InChI=1S/C20H22N2O4S/c1-15-14-21(11-12-26-15)20(23)17-6-4-7-18(13-17)27(24,25)22-10-9-16-5-2-3-8-19(16)22/h2-8,13,15H,9-12,14H2,1H3. The summed E-state index contributed by atoms with van der Waals surface area (Å²) in [7, 11) is -3.71. The van der Waals surface area contributed by atoms with Crippen LogP contribution in [0.1, 0.15) is 22.8 Å². The van der Waals surface area contributed by atoms with Crippen LogP contribution in [0.25, 0.3) is 0 Å². The molecule has 0 saturated carbocycles. The number of hydrogen-bond donors (Lipinski definition) is 0. The molecule has 2 aliphatic heterocycles. The van der Waals surface area contributed by atoms with Crippen molar-refractivity contribution in [3.8, 4) is 0 Å². The predicted molar refractivity (Wildman–Crippen MR) is 102 cm³/mol. The van der Waals surface area contributed by atoms with Gasteiger partial charge < -0.3 is 9.64 Å². The number of benzene rings is 2.